The third kappa shape index (κ3) is 3.61. The van der Waals surface area contributed by atoms with Crippen molar-refractivity contribution < 1.29 is 14.3 Å². The summed E-state index contributed by atoms with van der Waals surface area (Å²) in [6.45, 7) is 0.182. The first kappa shape index (κ1) is 15.1. The lowest BCUT2D eigenvalue weighted by molar-refractivity contribution is 0.0597. The molecule has 0 radical (unpaired) electrons. The molecule has 0 saturated carbocycles. The predicted octanol–water partition coefficient (Wildman–Crippen LogP) is 3.69. The van der Waals surface area contributed by atoms with Crippen molar-refractivity contribution in [2.45, 2.75) is 6.61 Å². The monoisotopic (exact) mass is 345 g/mol. The first-order valence-corrected chi connectivity index (χ1v) is 6.93. The standard InChI is InChI=1S/C16H12BrNO3/c1-20-16(19)14-5-3-2-4-11(14)10-21-15-7-6-13(17)8-12(15)9-18/h2-8H,10H2,1H3. The van der Waals surface area contributed by atoms with E-state index in [-0.39, 0.29) is 6.61 Å². The molecule has 0 aliphatic rings. The Morgan fingerprint density at radius 2 is 2.05 bits per heavy atom. The Balaban J connectivity index is 2.22. The van der Waals surface area contributed by atoms with E-state index in [0.717, 1.165) is 4.47 Å². The Bertz CT molecular complexity index is 707. The summed E-state index contributed by atoms with van der Waals surface area (Å²) in [5, 5.41) is 9.10. The molecule has 0 aliphatic carbocycles. The summed E-state index contributed by atoms with van der Waals surface area (Å²) >= 11 is 3.31. The highest BCUT2D eigenvalue weighted by molar-refractivity contribution is 9.10. The summed E-state index contributed by atoms with van der Waals surface area (Å²) in [6.07, 6.45) is 0. The molecule has 106 valence electrons. The van der Waals surface area contributed by atoms with Gasteiger partial charge in [0.05, 0.1) is 18.2 Å². The summed E-state index contributed by atoms with van der Waals surface area (Å²) < 4.78 is 11.2. The normalized spacial score (nSPS) is 9.76. The van der Waals surface area contributed by atoms with Crippen molar-refractivity contribution >= 4 is 21.9 Å². The van der Waals surface area contributed by atoms with E-state index in [9.17, 15) is 4.79 Å². The number of halogens is 1. The minimum atomic E-state index is -0.412. The third-order valence-electron chi connectivity index (χ3n) is 2.87. The number of ether oxygens (including phenoxy) is 2. The van der Waals surface area contributed by atoms with Gasteiger partial charge in [-0.3, -0.25) is 0 Å². The van der Waals surface area contributed by atoms with E-state index < -0.39 is 5.97 Å². The van der Waals surface area contributed by atoms with Crippen LogP contribution in [0, 0.1) is 11.3 Å². The van der Waals surface area contributed by atoms with Gasteiger partial charge in [-0.2, -0.15) is 5.26 Å². The van der Waals surface area contributed by atoms with Gasteiger partial charge in [-0.05, 0) is 24.3 Å². The molecule has 0 spiro atoms. The lowest BCUT2D eigenvalue weighted by Gasteiger charge is -2.11. The van der Waals surface area contributed by atoms with Crippen LogP contribution in [0.5, 0.6) is 5.75 Å². The van der Waals surface area contributed by atoms with Crippen LogP contribution in [-0.4, -0.2) is 13.1 Å². The summed E-state index contributed by atoms with van der Waals surface area (Å²) in [6, 6.07) is 14.3. The first-order valence-electron chi connectivity index (χ1n) is 6.14. The fourth-order valence-electron chi connectivity index (χ4n) is 1.83. The van der Waals surface area contributed by atoms with Crippen molar-refractivity contribution in [1.82, 2.24) is 0 Å². The second-order valence-corrected chi connectivity index (χ2v) is 5.11. The van der Waals surface area contributed by atoms with Crippen LogP contribution in [0.2, 0.25) is 0 Å². The van der Waals surface area contributed by atoms with Gasteiger partial charge in [-0.1, -0.05) is 34.1 Å². The Morgan fingerprint density at radius 1 is 1.29 bits per heavy atom. The average molecular weight is 346 g/mol. The number of benzene rings is 2. The minimum absolute atomic E-state index is 0.182. The molecule has 2 aromatic rings. The Kier molecular flexibility index (Phi) is 4.96. The second-order valence-electron chi connectivity index (χ2n) is 4.19. The van der Waals surface area contributed by atoms with Crippen molar-refractivity contribution in [2.24, 2.45) is 0 Å². The maximum atomic E-state index is 11.7. The van der Waals surface area contributed by atoms with Gasteiger partial charge in [0.2, 0.25) is 0 Å². The molecule has 0 fully saturated rings. The van der Waals surface area contributed by atoms with Crippen LogP contribution in [0.25, 0.3) is 0 Å². The molecule has 0 amide bonds. The molecule has 0 aromatic heterocycles. The predicted molar refractivity (Wildman–Crippen MR) is 81.0 cm³/mol. The molecule has 0 bridgehead atoms. The largest absolute Gasteiger partial charge is 0.487 e. The summed E-state index contributed by atoms with van der Waals surface area (Å²) in [5.41, 5.74) is 1.59. The summed E-state index contributed by atoms with van der Waals surface area (Å²) in [7, 11) is 1.34. The van der Waals surface area contributed by atoms with Gasteiger partial charge in [0.1, 0.15) is 18.4 Å². The molecule has 0 unspecified atom stereocenters. The van der Waals surface area contributed by atoms with E-state index in [1.54, 1.807) is 36.4 Å². The van der Waals surface area contributed by atoms with E-state index in [0.29, 0.717) is 22.4 Å². The lowest BCUT2D eigenvalue weighted by atomic mass is 10.1. The molecule has 0 N–H and O–H groups in total. The molecule has 21 heavy (non-hydrogen) atoms. The lowest BCUT2D eigenvalue weighted by Crippen LogP contribution is -2.08. The number of hydrogen-bond donors (Lipinski definition) is 0. The minimum Gasteiger partial charge on any atom is -0.487 e. The number of nitriles is 1. The van der Waals surface area contributed by atoms with E-state index in [1.807, 2.05) is 6.07 Å². The molecule has 4 nitrogen and oxygen atoms in total. The molecule has 0 aliphatic heterocycles. The quantitative estimate of drug-likeness (QED) is 0.793. The van der Waals surface area contributed by atoms with Gasteiger partial charge < -0.3 is 9.47 Å². The van der Waals surface area contributed by atoms with E-state index in [4.69, 9.17) is 14.7 Å². The zero-order valence-corrected chi connectivity index (χ0v) is 12.9. The Labute approximate surface area is 131 Å². The van der Waals surface area contributed by atoms with Crippen LogP contribution in [0.3, 0.4) is 0 Å². The van der Waals surface area contributed by atoms with Crippen molar-refractivity contribution in [3.8, 4) is 11.8 Å². The van der Waals surface area contributed by atoms with Gasteiger partial charge >= 0.3 is 5.97 Å². The van der Waals surface area contributed by atoms with E-state index >= 15 is 0 Å². The number of hydrogen-bond acceptors (Lipinski definition) is 4. The molecule has 2 rings (SSSR count). The molecule has 0 saturated heterocycles. The van der Waals surface area contributed by atoms with Crippen LogP contribution in [0.1, 0.15) is 21.5 Å². The van der Waals surface area contributed by atoms with Crippen LogP contribution < -0.4 is 4.74 Å². The van der Waals surface area contributed by atoms with E-state index in [1.165, 1.54) is 7.11 Å². The Morgan fingerprint density at radius 3 is 2.76 bits per heavy atom. The van der Waals surface area contributed by atoms with Crippen molar-refractivity contribution in [3.05, 3.63) is 63.6 Å². The number of nitrogens with zero attached hydrogens (tertiary/aromatic N) is 1. The van der Waals surface area contributed by atoms with Gasteiger partial charge in [-0.25, -0.2) is 4.79 Å². The highest BCUT2D eigenvalue weighted by Crippen LogP contribution is 2.24. The smallest absolute Gasteiger partial charge is 0.338 e. The summed E-state index contributed by atoms with van der Waals surface area (Å²) in [5.74, 6) is 0.0610. The molecule has 0 atom stereocenters. The van der Waals surface area contributed by atoms with Gasteiger partial charge in [0.25, 0.3) is 0 Å². The van der Waals surface area contributed by atoms with Crippen molar-refractivity contribution in [1.29, 1.82) is 5.26 Å². The highest BCUT2D eigenvalue weighted by Gasteiger charge is 2.12. The third-order valence-corrected chi connectivity index (χ3v) is 3.36. The maximum Gasteiger partial charge on any atom is 0.338 e. The number of carbonyl (C=O) groups excluding carboxylic acids is 1. The number of esters is 1. The molecular weight excluding hydrogens is 334 g/mol. The van der Waals surface area contributed by atoms with E-state index in [2.05, 4.69) is 22.0 Å². The van der Waals surface area contributed by atoms with Crippen LogP contribution >= 0.6 is 15.9 Å². The number of carbonyl (C=O) groups is 1. The molecule has 0 heterocycles. The number of methoxy groups -OCH3 is 1. The van der Waals surface area contributed by atoms with Gasteiger partial charge in [0, 0.05) is 10.0 Å². The zero-order chi connectivity index (χ0) is 15.2. The topological polar surface area (TPSA) is 59.3 Å². The number of rotatable bonds is 4. The van der Waals surface area contributed by atoms with Crippen LogP contribution in [0.4, 0.5) is 0 Å². The zero-order valence-electron chi connectivity index (χ0n) is 11.3. The van der Waals surface area contributed by atoms with Crippen LogP contribution in [-0.2, 0) is 11.3 Å². The summed E-state index contributed by atoms with van der Waals surface area (Å²) in [4.78, 5) is 11.7. The Hall–Kier alpha value is -2.32. The van der Waals surface area contributed by atoms with Crippen molar-refractivity contribution in [2.75, 3.05) is 7.11 Å². The molecular formula is C16H12BrNO3. The van der Waals surface area contributed by atoms with Crippen LogP contribution in [0.15, 0.2) is 46.9 Å². The maximum absolute atomic E-state index is 11.7. The molecule has 5 heteroatoms. The highest BCUT2D eigenvalue weighted by atomic mass is 79.9. The van der Waals surface area contributed by atoms with Gasteiger partial charge in [-0.15, -0.1) is 0 Å². The second kappa shape index (κ2) is 6.91. The van der Waals surface area contributed by atoms with Crippen molar-refractivity contribution in [3.63, 3.8) is 0 Å². The fraction of sp³-hybridized carbons (Fsp3) is 0.125. The first-order chi connectivity index (χ1) is 10.2. The molecule has 2 aromatic carbocycles. The van der Waals surface area contributed by atoms with Gasteiger partial charge in [0.15, 0.2) is 0 Å². The average Bonchev–Trinajstić information content (AvgIpc) is 2.53. The SMILES string of the molecule is COC(=O)c1ccccc1COc1ccc(Br)cc1C#N. The fourth-order valence-corrected chi connectivity index (χ4v) is 2.19.